The average Bonchev–Trinajstić information content (AvgIpc) is 2.65. The van der Waals surface area contributed by atoms with Crippen LogP contribution in [0.5, 0.6) is 0 Å². The van der Waals surface area contributed by atoms with E-state index in [1.54, 1.807) is 24.2 Å². The highest BCUT2D eigenvalue weighted by atomic mass is 35.5. The Morgan fingerprint density at radius 1 is 1.19 bits per heavy atom. The second-order valence-corrected chi connectivity index (χ2v) is 8.66. The molecule has 1 amide bonds. The van der Waals surface area contributed by atoms with Crippen molar-refractivity contribution in [3.8, 4) is 0 Å². The SMILES string of the molecule is CC1C(NC(=O)c2ccc(Sc3cncc(Cl)c3)cc2)C2CCN1CC2. The third-order valence-electron chi connectivity index (χ3n) is 5.51. The number of amides is 1. The van der Waals surface area contributed by atoms with Gasteiger partial charge in [-0.3, -0.25) is 14.7 Å². The lowest BCUT2D eigenvalue weighted by Gasteiger charge is -2.49. The first kappa shape index (κ1) is 17.8. The van der Waals surface area contributed by atoms with Gasteiger partial charge in [0.2, 0.25) is 0 Å². The second kappa shape index (κ2) is 7.59. The van der Waals surface area contributed by atoms with Crippen LogP contribution in [0.2, 0.25) is 5.02 Å². The van der Waals surface area contributed by atoms with Crippen molar-refractivity contribution >= 4 is 29.3 Å². The minimum absolute atomic E-state index is 0.0246. The Hall–Kier alpha value is -1.56. The maximum atomic E-state index is 12.7. The number of piperidine rings is 3. The van der Waals surface area contributed by atoms with Gasteiger partial charge in [-0.15, -0.1) is 0 Å². The summed E-state index contributed by atoms with van der Waals surface area (Å²) in [6.07, 6.45) is 5.79. The van der Waals surface area contributed by atoms with E-state index in [1.165, 1.54) is 25.9 Å². The van der Waals surface area contributed by atoms with Crippen molar-refractivity contribution in [2.75, 3.05) is 13.1 Å². The summed E-state index contributed by atoms with van der Waals surface area (Å²) in [6.45, 7) is 4.57. The lowest BCUT2D eigenvalue weighted by molar-refractivity contribution is 0.0217. The molecule has 0 radical (unpaired) electrons. The molecule has 26 heavy (non-hydrogen) atoms. The van der Waals surface area contributed by atoms with Gasteiger partial charge in [0.15, 0.2) is 0 Å². The van der Waals surface area contributed by atoms with Crippen molar-refractivity contribution in [2.45, 2.75) is 41.6 Å². The highest BCUT2D eigenvalue weighted by molar-refractivity contribution is 7.99. The van der Waals surface area contributed by atoms with Crippen LogP contribution < -0.4 is 5.32 Å². The predicted octanol–water partition coefficient (Wildman–Crippen LogP) is 4.10. The van der Waals surface area contributed by atoms with E-state index in [4.69, 9.17) is 11.6 Å². The number of fused-ring (bicyclic) bond motifs is 3. The number of carbonyl (C=O) groups excluding carboxylic acids is 1. The monoisotopic (exact) mass is 387 g/mol. The standard InChI is InChI=1S/C20H22ClN3OS/c1-13-19(14-6-8-24(13)9-7-14)23-20(25)15-2-4-17(5-3-15)26-18-10-16(21)11-22-12-18/h2-5,10-14,19H,6-9H2,1H3,(H,23,25). The van der Waals surface area contributed by atoms with Gasteiger partial charge in [0.1, 0.15) is 0 Å². The van der Waals surface area contributed by atoms with Crippen molar-refractivity contribution in [2.24, 2.45) is 5.92 Å². The summed E-state index contributed by atoms with van der Waals surface area (Å²) in [5.74, 6) is 0.640. The fourth-order valence-electron chi connectivity index (χ4n) is 4.04. The number of rotatable bonds is 4. The zero-order valence-electron chi connectivity index (χ0n) is 14.7. The van der Waals surface area contributed by atoms with Gasteiger partial charge in [-0.2, -0.15) is 0 Å². The quantitative estimate of drug-likeness (QED) is 0.857. The molecule has 0 spiro atoms. The van der Waals surface area contributed by atoms with Crippen molar-refractivity contribution < 1.29 is 4.79 Å². The van der Waals surface area contributed by atoms with E-state index in [2.05, 4.69) is 22.1 Å². The molecule has 3 saturated heterocycles. The fraction of sp³-hybridized carbons (Fsp3) is 0.400. The van der Waals surface area contributed by atoms with E-state index in [1.807, 2.05) is 30.3 Å². The maximum absolute atomic E-state index is 12.7. The molecule has 2 atom stereocenters. The lowest BCUT2D eigenvalue weighted by Crippen LogP contribution is -2.62. The molecule has 6 heteroatoms. The Labute approximate surface area is 163 Å². The largest absolute Gasteiger partial charge is 0.347 e. The third kappa shape index (κ3) is 3.75. The summed E-state index contributed by atoms with van der Waals surface area (Å²) >= 11 is 7.56. The van der Waals surface area contributed by atoms with E-state index < -0.39 is 0 Å². The van der Waals surface area contributed by atoms with Crippen molar-refractivity contribution in [1.29, 1.82) is 0 Å². The summed E-state index contributed by atoms with van der Waals surface area (Å²) in [7, 11) is 0. The summed E-state index contributed by atoms with van der Waals surface area (Å²) < 4.78 is 0. The van der Waals surface area contributed by atoms with Crippen molar-refractivity contribution in [3.05, 3.63) is 53.3 Å². The zero-order chi connectivity index (χ0) is 18.1. The zero-order valence-corrected chi connectivity index (χ0v) is 16.3. The Bertz CT molecular complexity index is 788. The fourth-order valence-corrected chi connectivity index (χ4v) is 5.12. The minimum atomic E-state index is 0.0246. The Kier molecular flexibility index (Phi) is 5.20. The number of hydrogen-bond donors (Lipinski definition) is 1. The molecule has 4 heterocycles. The molecule has 3 fully saturated rings. The van der Waals surface area contributed by atoms with Crippen LogP contribution in [-0.4, -0.2) is 41.0 Å². The normalized spacial score (nSPS) is 27.3. The van der Waals surface area contributed by atoms with Gasteiger partial charge in [0, 0.05) is 39.8 Å². The molecule has 4 nitrogen and oxygen atoms in total. The van der Waals surface area contributed by atoms with Crippen LogP contribution in [0.3, 0.4) is 0 Å². The van der Waals surface area contributed by atoms with Gasteiger partial charge >= 0.3 is 0 Å². The molecule has 1 aromatic heterocycles. The van der Waals surface area contributed by atoms with Crippen LogP contribution in [-0.2, 0) is 0 Å². The molecule has 136 valence electrons. The summed E-state index contributed by atoms with van der Waals surface area (Å²) in [5, 5.41) is 3.90. The van der Waals surface area contributed by atoms with Gasteiger partial charge in [-0.05, 0) is 69.1 Å². The van der Waals surface area contributed by atoms with Crippen LogP contribution in [0.15, 0.2) is 52.5 Å². The molecule has 2 aromatic rings. The van der Waals surface area contributed by atoms with Crippen LogP contribution in [0, 0.1) is 5.92 Å². The molecule has 3 aliphatic heterocycles. The number of nitrogens with one attached hydrogen (secondary N) is 1. The topological polar surface area (TPSA) is 45.2 Å². The molecule has 1 N–H and O–H groups in total. The van der Waals surface area contributed by atoms with Gasteiger partial charge in [0.25, 0.3) is 5.91 Å². The molecule has 0 aliphatic carbocycles. The average molecular weight is 388 g/mol. The minimum Gasteiger partial charge on any atom is -0.347 e. The Morgan fingerprint density at radius 2 is 1.92 bits per heavy atom. The molecule has 2 unspecified atom stereocenters. The molecule has 5 rings (SSSR count). The molecule has 0 saturated carbocycles. The Balaban J connectivity index is 1.41. The summed E-state index contributed by atoms with van der Waals surface area (Å²) in [5.41, 5.74) is 0.710. The number of nitrogens with zero attached hydrogens (tertiary/aromatic N) is 2. The Morgan fingerprint density at radius 3 is 2.58 bits per heavy atom. The first-order valence-corrected chi connectivity index (χ1v) is 10.2. The number of halogens is 1. The lowest BCUT2D eigenvalue weighted by atomic mass is 9.79. The molecule has 2 bridgehead atoms. The molecule has 3 aliphatic rings. The van der Waals surface area contributed by atoms with Gasteiger partial charge in [-0.25, -0.2) is 0 Å². The second-order valence-electron chi connectivity index (χ2n) is 7.08. The number of hydrogen-bond acceptors (Lipinski definition) is 4. The smallest absolute Gasteiger partial charge is 0.251 e. The van der Waals surface area contributed by atoms with Crippen LogP contribution in [0.4, 0.5) is 0 Å². The van der Waals surface area contributed by atoms with Crippen LogP contribution in [0.25, 0.3) is 0 Å². The van der Waals surface area contributed by atoms with Gasteiger partial charge in [0.05, 0.1) is 5.02 Å². The highest BCUT2D eigenvalue weighted by Gasteiger charge is 2.40. The summed E-state index contributed by atoms with van der Waals surface area (Å²) in [4.78, 5) is 21.3. The first-order valence-electron chi connectivity index (χ1n) is 9.03. The van der Waals surface area contributed by atoms with E-state index in [9.17, 15) is 4.79 Å². The van der Waals surface area contributed by atoms with Gasteiger partial charge < -0.3 is 5.32 Å². The van der Waals surface area contributed by atoms with E-state index in [0.717, 1.165) is 9.79 Å². The molecular formula is C20H22ClN3OS. The highest BCUT2D eigenvalue weighted by Crippen LogP contribution is 2.32. The van der Waals surface area contributed by atoms with Gasteiger partial charge in [-0.1, -0.05) is 23.4 Å². The number of carbonyl (C=O) groups is 1. The predicted molar refractivity (Wildman–Crippen MR) is 105 cm³/mol. The van der Waals surface area contributed by atoms with E-state index in [0.29, 0.717) is 22.5 Å². The van der Waals surface area contributed by atoms with Crippen LogP contribution in [0.1, 0.15) is 30.1 Å². The van der Waals surface area contributed by atoms with Crippen molar-refractivity contribution in [1.82, 2.24) is 15.2 Å². The van der Waals surface area contributed by atoms with E-state index in [-0.39, 0.29) is 11.9 Å². The number of pyridine rings is 1. The molecular weight excluding hydrogens is 366 g/mol. The summed E-state index contributed by atoms with van der Waals surface area (Å²) in [6, 6.07) is 10.3. The van der Waals surface area contributed by atoms with Crippen molar-refractivity contribution in [3.63, 3.8) is 0 Å². The first-order chi connectivity index (χ1) is 12.6. The van der Waals surface area contributed by atoms with E-state index >= 15 is 0 Å². The maximum Gasteiger partial charge on any atom is 0.251 e. The third-order valence-corrected chi connectivity index (χ3v) is 6.68. The number of benzene rings is 1. The number of aromatic nitrogens is 1. The molecule has 1 aromatic carbocycles. The van der Waals surface area contributed by atoms with Crippen LogP contribution >= 0.6 is 23.4 Å².